The number of likely N-dealkylation sites (tertiary alicyclic amines) is 1. The van der Waals surface area contributed by atoms with Gasteiger partial charge in [-0.05, 0) is 38.3 Å². The summed E-state index contributed by atoms with van der Waals surface area (Å²) in [5, 5.41) is 2.83. The Bertz CT molecular complexity index is 183. The Balaban J connectivity index is 1.58. The molecule has 14 heavy (non-hydrogen) atoms. The fraction of sp³-hybridized carbons (Fsp3) is 1.00. The zero-order valence-electron chi connectivity index (χ0n) is 8.38. The van der Waals surface area contributed by atoms with Gasteiger partial charge in [-0.2, -0.15) is 0 Å². The van der Waals surface area contributed by atoms with Crippen LogP contribution < -0.4 is 5.32 Å². The van der Waals surface area contributed by atoms with E-state index in [1.54, 1.807) is 0 Å². The summed E-state index contributed by atoms with van der Waals surface area (Å²) >= 11 is 0. The van der Waals surface area contributed by atoms with Gasteiger partial charge in [0.05, 0.1) is 6.54 Å². The minimum atomic E-state index is -2.21. The second-order valence-electron chi connectivity index (χ2n) is 4.43. The number of halogens is 2. The SMILES string of the molecule is FC(F)CNCC1CCN(C2CC2)C1. The highest BCUT2D eigenvalue weighted by Gasteiger charge is 2.33. The molecule has 0 amide bonds. The van der Waals surface area contributed by atoms with E-state index in [1.165, 1.54) is 25.8 Å². The first-order valence-electron chi connectivity index (χ1n) is 5.48. The van der Waals surface area contributed by atoms with Crippen LogP contribution in [0.15, 0.2) is 0 Å². The molecule has 1 saturated carbocycles. The molecule has 1 atom stereocenters. The molecule has 0 aromatic heterocycles. The molecule has 4 heteroatoms. The lowest BCUT2D eigenvalue weighted by molar-refractivity contribution is 0.144. The fourth-order valence-electron chi connectivity index (χ4n) is 2.20. The summed E-state index contributed by atoms with van der Waals surface area (Å²) in [5.74, 6) is 0.592. The van der Waals surface area contributed by atoms with E-state index in [4.69, 9.17) is 0 Å². The van der Waals surface area contributed by atoms with Gasteiger partial charge in [0.15, 0.2) is 0 Å². The van der Waals surface area contributed by atoms with Crippen LogP contribution in [-0.2, 0) is 0 Å². The Morgan fingerprint density at radius 1 is 1.29 bits per heavy atom. The number of alkyl halides is 2. The molecule has 0 spiro atoms. The lowest BCUT2D eigenvalue weighted by atomic mass is 10.1. The van der Waals surface area contributed by atoms with E-state index >= 15 is 0 Å². The van der Waals surface area contributed by atoms with Crippen molar-refractivity contribution in [2.24, 2.45) is 5.92 Å². The summed E-state index contributed by atoms with van der Waals surface area (Å²) in [4.78, 5) is 2.51. The van der Waals surface area contributed by atoms with Crippen LogP contribution >= 0.6 is 0 Å². The maximum Gasteiger partial charge on any atom is 0.250 e. The first-order valence-corrected chi connectivity index (χ1v) is 5.48. The van der Waals surface area contributed by atoms with E-state index in [2.05, 4.69) is 10.2 Å². The first-order chi connectivity index (χ1) is 6.75. The number of nitrogens with one attached hydrogen (secondary N) is 1. The normalized spacial score (nSPS) is 28.9. The molecule has 0 aromatic rings. The highest BCUT2D eigenvalue weighted by molar-refractivity contribution is 4.89. The highest BCUT2D eigenvalue weighted by atomic mass is 19.3. The van der Waals surface area contributed by atoms with Crippen LogP contribution in [0.1, 0.15) is 19.3 Å². The van der Waals surface area contributed by atoms with Crippen molar-refractivity contribution in [3.63, 3.8) is 0 Å². The Labute approximate surface area is 83.7 Å². The van der Waals surface area contributed by atoms with Crippen molar-refractivity contribution in [1.82, 2.24) is 10.2 Å². The van der Waals surface area contributed by atoms with Gasteiger partial charge < -0.3 is 10.2 Å². The average molecular weight is 204 g/mol. The summed E-state index contributed by atoms with van der Waals surface area (Å²) in [6, 6.07) is 0.829. The van der Waals surface area contributed by atoms with Crippen LogP contribution in [0.5, 0.6) is 0 Å². The van der Waals surface area contributed by atoms with Gasteiger partial charge in [-0.1, -0.05) is 0 Å². The monoisotopic (exact) mass is 204 g/mol. The van der Waals surface area contributed by atoms with Gasteiger partial charge in [0.25, 0.3) is 6.43 Å². The van der Waals surface area contributed by atoms with Crippen LogP contribution in [0.25, 0.3) is 0 Å². The fourth-order valence-corrected chi connectivity index (χ4v) is 2.20. The topological polar surface area (TPSA) is 15.3 Å². The van der Waals surface area contributed by atoms with Crippen molar-refractivity contribution >= 4 is 0 Å². The number of hydrogen-bond acceptors (Lipinski definition) is 2. The third-order valence-corrected chi connectivity index (χ3v) is 3.11. The van der Waals surface area contributed by atoms with Crippen molar-refractivity contribution in [3.8, 4) is 0 Å². The van der Waals surface area contributed by atoms with Crippen molar-refractivity contribution < 1.29 is 8.78 Å². The maximum atomic E-state index is 11.9. The summed E-state index contributed by atoms with van der Waals surface area (Å²) in [6.07, 6.45) is 1.65. The van der Waals surface area contributed by atoms with Crippen molar-refractivity contribution in [1.29, 1.82) is 0 Å². The maximum absolute atomic E-state index is 11.9. The molecule has 2 rings (SSSR count). The van der Waals surface area contributed by atoms with Crippen LogP contribution in [-0.4, -0.2) is 43.5 Å². The molecule has 0 radical (unpaired) electrons. The molecule has 1 N–H and O–H groups in total. The van der Waals surface area contributed by atoms with Gasteiger partial charge in [0, 0.05) is 12.6 Å². The molecule has 2 aliphatic rings. The molecular formula is C10H18F2N2. The third-order valence-electron chi connectivity index (χ3n) is 3.11. The van der Waals surface area contributed by atoms with Gasteiger partial charge in [0.2, 0.25) is 0 Å². The zero-order chi connectivity index (χ0) is 9.97. The largest absolute Gasteiger partial charge is 0.311 e. The van der Waals surface area contributed by atoms with E-state index in [1.807, 2.05) is 0 Å². The molecule has 1 saturated heterocycles. The van der Waals surface area contributed by atoms with Gasteiger partial charge in [-0.25, -0.2) is 8.78 Å². The Morgan fingerprint density at radius 3 is 2.71 bits per heavy atom. The van der Waals surface area contributed by atoms with Crippen molar-refractivity contribution in [2.45, 2.75) is 31.7 Å². The van der Waals surface area contributed by atoms with E-state index in [-0.39, 0.29) is 6.54 Å². The number of nitrogens with zero attached hydrogens (tertiary/aromatic N) is 1. The number of hydrogen-bond donors (Lipinski definition) is 1. The van der Waals surface area contributed by atoms with E-state index in [0.29, 0.717) is 5.92 Å². The van der Waals surface area contributed by atoms with Crippen molar-refractivity contribution in [3.05, 3.63) is 0 Å². The lowest BCUT2D eigenvalue weighted by Gasteiger charge is -2.14. The lowest BCUT2D eigenvalue weighted by Crippen LogP contribution is -2.30. The summed E-state index contributed by atoms with van der Waals surface area (Å²) in [6.45, 7) is 2.89. The molecule has 1 unspecified atom stereocenters. The molecule has 0 bridgehead atoms. The molecule has 0 aromatic carbocycles. The van der Waals surface area contributed by atoms with Gasteiger partial charge >= 0.3 is 0 Å². The Hall–Kier alpha value is -0.220. The number of rotatable bonds is 5. The minimum Gasteiger partial charge on any atom is -0.311 e. The molecule has 1 heterocycles. The van der Waals surface area contributed by atoms with Crippen LogP contribution in [0.4, 0.5) is 8.78 Å². The third kappa shape index (κ3) is 2.89. The Morgan fingerprint density at radius 2 is 2.07 bits per heavy atom. The molecule has 82 valence electrons. The van der Waals surface area contributed by atoms with E-state index < -0.39 is 6.43 Å². The second-order valence-corrected chi connectivity index (χ2v) is 4.43. The standard InChI is InChI=1S/C10H18F2N2/c11-10(12)6-13-5-8-3-4-14(7-8)9-1-2-9/h8-10,13H,1-7H2. The van der Waals surface area contributed by atoms with E-state index in [0.717, 1.165) is 19.1 Å². The smallest absolute Gasteiger partial charge is 0.250 e. The van der Waals surface area contributed by atoms with Gasteiger partial charge in [-0.3, -0.25) is 0 Å². The van der Waals surface area contributed by atoms with Crippen LogP contribution in [0.3, 0.4) is 0 Å². The van der Waals surface area contributed by atoms with Gasteiger partial charge in [-0.15, -0.1) is 0 Å². The zero-order valence-corrected chi connectivity index (χ0v) is 8.38. The van der Waals surface area contributed by atoms with Crippen LogP contribution in [0.2, 0.25) is 0 Å². The second kappa shape index (κ2) is 4.53. The quantitative estimate of drug-likeness (QED) is 0.726. The molecule has 1 aliphatic carbocycles. The first kappa shape index (κ1) is 10.3. The molecule has 2 nitrogen and oxygen atoms in total. The molecule has 2 fully saturated rings. The predicted molar refractivity (Wildman–Crippen MR) is 51.6 cm³/mol. The van der Waals surface area contributed by atoms with Crippen LogP contribution in [0, 0.1) is 5.92 Å². The Kier molecular flexibility index (Phi) is 3.34. The van der Waals surface area contributed by atoms with Crippen molar-refractivity contribution in [2.75, 3.05) is 26.2 Å². The molecule has 1 aliphatic heterocycles. The predicted octanol–water partition coefficient (Wildman–Crippen LogP) is 1.33. The summed E-state index contributed by atoms with van der Waals surface area (Å²) in [7, 11) is 0. The van der Waals surface area contributed by atoms with E-state index in [9.17, 15) is 8.78 Å². The average Bonchev–Trinajstić information content (AvgIpc) is 2.87. The highest BCUT2D eigenvalue weighted by Crippen LogP contribution is 2.31. The molecular weight excluding hydrogens is 186 g/mol. The summed E-state index contributed by atoms with van der Waals surface area (Å²) in [5.41, 5.74) is 0. The van der Waals surface area contributed by atoms with Gasteiger partial charge in [0.1, 0.15) is 0 Å². The summed E-state index contributed by atoms with van der Waals surface area (Å²) < 4.78 is 23.7. The minimum absolute atomic E-state index is 0.153.